The molecule has 1 aliphatic heterocycles. The summed E-state index contributed by atoms with van der Waals surface area (Å²) < 4.78 is 48.1. The van der Waals surface area contributed by atoms with Crippen LogP contribution in [-0.4, -0.2) is 27.2 Å². The van der Waals surface area contributed by atoms with Crippen LogP contribution in [0.3, 0.4) is 0 Å². The standard InChI is InChI=1S/C11H12N2O5S2/c1-8-9(2)20(17,18)13(11(8)14)12-19(15,16)10-6-4-3-5-7-10/h3-7,12H,1-2H3. The van der Waals surface area contributed by atoms with E-state index in [1.54, 1.807) is 10.9 Å². The third-order valence-electron chi connectivity index (χ3n) is 2.92. The number of carbonyl (C=O) groups is 1. The maximum absolute atomic E-state index is 12.0. The molecule has 0 bridgehead atoms. The molecule has 0 aliphatic carbocycles. The summed E-state index contributed by atoms with van der Waals surface area (Å²) in [5.41, 5.74) is -0.0132. The summed E-state index contributed by atoms with van der Waals surface area (Å²) in [6.45, 7) is 2.57. The number of allylic oxidation sites excluding steroid dienone is 1. The number of hydrazine groups is 1. The molecular formula is C11H12N2O5S2. The lowest BCUT2D eigenvalue weighted by Gasteiger charge is -2.17. The molecular weight excluding hydrogens is 304 g/mol. The van der Waals surface area contributed by atoms with Crippen LogP contribution in [0, 0.1) is 0 Å². The Hall–Kier alpha value is -1.71. The first-order chi connectivity index (χ1) is 9.18. The van der Waals surface area contributed by atoms with Gasteiger partial charge in [0.1, 0.15) is 0 Å². The van der Waals surface area contributed by atoms with Crippen molar-refractivity contribution in [1.82, 2.24) is 9.25 Å². The number of amides is 1. The summed E-state index contributed by atoms with van der Waals surface area (Å²) in [5.74, 6) is -0.901. The van der Waals surface area contributed by atoms with Crippen LogP contribution in [0.4, 0.5) is 0 Å². The summed E-state index contributed by atoms with van der Waals surface area (Å²) in [6, 6.07) is 7.19. The van der Waals surface area contributed by atoms with Crippen LogP contribution in [0.1, 0.15) is 13.8 Å². The second-order valence-electron chi connectivity index (χ2n) is 4.16. The fourth-order valence-corrected chi connectivity index (χ4v) is 4.31. The monoisotopic (exact) mass is 316 g/mol. The summed E-state index contributed by atoms with van der Waals surface area (Å²) >= 11 is 0. The topological polar surface area (TPSA) is 101 Å². The molecule has 0 atom stereocenters. The molecule has 7 nitrogen and oxygen atoms in total. The van der Waals surface area contributed by atoms with Crippen LogP contribution in [0.15, 0.2) is 45.7 Å². The maximum atomic E-state index is 12.0. The van der Waals surface area contributed by atoms with Gasteiger partial charge in [0.25, 0.3) is 26.0 Å². The van der Waals surface area contributed by atoms with Crippen molar-refractivity contribution in [3.8, 4) is 0 Å². The summed E-state index contributed by atoms with van der Waals surface area (Å²) in [5, 5.41) is 0. The van der Waals surface area contributed by atoms with Crippen LogP contribution >= 0.6 is 0 Å². The normalized spacial score (nSPS) is 18.7. The number of carbonyl (C=O) groups excluding carboxylic acids is 1. The molecule has 0 fully saturated rings. The Labute approximate surface area is 117 Å². The van der Waals surface area contributed by atoms with Gasteiger partial charge in [0.05, 0.1) is 9.80 Å². The van der Waals surface area contributed by atoms with Crippen molar-refractivity contribution in [3.05, 3.63) is 40.8 Å². The highest BCUT2D eigenvalue weighted by Gasteiger charge is 2.41. The zero-order chi connectivity index (χ0) is 15.1. The molecule has 0 saturated carbocycles. The first kappa shape index (κ1) is 14.7. The van der Waals surface area contributed by atoms with Crippen molar-refractivity contribution in [3.63, 3.8) is 0 Å². The fourth-order valence-electron chi connectivity index (χ4n) is 1.59. The van der Waals surface area contributed by atoms with E-state index in [2.05, 4.69) is 0 Å². The van der Waals surface area contributed by atoms with E-state index in [0.29, 0.717) is 0 Å². The molecule has 0 saturated heterocycles. The fraction of sp³-hybridized carbons (Fsp3) is 0.182. The molecule has 1 heterocycles. The Morgan fingerprint density at radius 3 is 2.10 bits per heavy atom. The predicted molar refractivity (Wildman–Crippen MR) is 70.9 cm³/mol. The van der Waals surface area contributed by atoms with Gasteiger partial charge in [-0.15, -0.1) is 9.25 Å². The third kappa shape index (κ3) is 2.23. The molecule has 1 N–H and O–H groups in total. The van der Waals surface area contributed by atoms with Crippen LogP contribution in [0.5, 0.6) is 0 Å². The van der Waals surface area contributed by atoms with E-state index in [9.17, 15) is 21.6 Å². The second kappa shape index (κ2) is 4.69. The minimum absolute atomic E-state index is 0.0132. The molecule has 108 valence electrons. The lowest BCUT2D eigenvalue weighted by molar-refractivity contribution is -0.123. The molecule has 9 heteroatoms. The molecule has 0 spiro atoms. The first-order valence-corrected chi connectivity index (χ1v) is 8.45. The van der Waals surface area contributed by atoms with Crippen molar-refractivity contribution in [2.24, 2.45) is 0 Å². The Balaban J connectivity index is 2.40. The van der Waals surface area contributed by atoms with Crippen LogP contribution < -0.4 is 4.83 Å². The van der Waals surface area contributed by atoms with Gasteiger partial charge < -0.3 is 0 Å². The van der Waals surface area contributed by atoms with Gasteiger partial charge in [-0.25, -0.2) is 8.42 Å². The van der Waals surface area contributed by atoms with Crippen molar-refractivity contribution in [1.29, 1.82) is 0 Å². The molecule has 0 radical (unpaired) electrons. The number of hydrogen-bond donors (Lipinski definition) is 1. The highest BCUT2D eigenvalue weighted by molar-refractivity contribution is 7.95. The zero-order valence-electron chi connectivity index (χ0n) is 10.7. The average molecular weight is 316 g/mol. The quantitative estimate of drug-likeness (QED) is 0.867. The van der Waals surface area contributed by atoms with E-state index in [-0.39, 0.29) is 19.8 Å². The molecule has 1 aliphatic rings. The van der Waals surface area contributed by atoms with Gasteiger partial charge in [0.2, 0.25) is 0 Å². The zero-order valence-corrected chi connectivity index (χ0v) is 12.3. The third-order valence-corrected chi connectivity index (χ3v) is 6.17. The Morgan fingerprint density at radius 2 is 1.65 bits per heavy atom. The van der Waals surface area contributed by atoms with Crippen molar-refractivity contribution < 1.29 is 21.6 Å². The smallest absolute Gasteiger partial charge is 0.267 e. The maximum Gasteiger partial charge on any atom is 0.279 e. The van der Waals surface area contributed by atoms with E-state index in [4.69, 9.17) is 0 Å². The van der Waals surface area contributed by atoms with Crippen molar-refractivity contribution in [2.45, 2.75) is 18.7 Å². The Kier molecular flexibility index (Phi) is 3.44. The highest BCUT2D eigenvalue weighted by atomic mass is 32.2. The number of benzene rings is 1. The SMILES string of the molecule is CC1=C(C)S(=O)(=O)N(NS(=O)(=O)c2ccccc2)C1=O. The number of hydrogen-bond acceptors (Lipinski definition) is 5. The summed E-state index contributed by atoms with van der Waals surface area (Å²) in [7, 11) is -8.28. The number of nitrogens with one attached hydrogen (secondary N) is 1. The van der Waals surface area contributed by atoms with Crippen molar-refractivity contribution >= 4 is 26.0 Å². The number of sulfonamides is 2. The van der Waals surface area contributed by atoms with Gasteiger partial charge >= 0.3 is 0 Å². The molecule has 1 amide bonds. The van der Waals surface area contributed by atoms with Gasteiger partial charge in [0.15, 0.2) is 0 Å². The lowest BCUT2D eigenvalue weighted by atomic mass is 10.3. The minimum atomic E-state index is -4.15. The van der Waals surface area contributed by atoms with Gasteiger partial charge in [-0.1, -0.05) is 18.2 Å². The summed E-state index contributed by atoms with van der Waals surface area (Å²) in [4.78, 5) is 13.3. The van der Waals surface area contributed by atoms with E-state index in [1.807, 2.05) is 0 Å². The largest absolute Gasteiger partial charge is 0.279 e. The molecule has 0 unspecified atom stereocenters. The van der Waals surface area contributed by atoms with Crippen LogP contribution in [0.25, 0.3) is 0 Å². The van der Waals surface area contributed by atoms with E-state index in [0.717, 1.165) is 0 Å². The molecule has 1 aromatic carbocycles. The summed E-state index contributed by atoms with van der Waals surface area (Å²) in [6.07, 6.45) is 0. The van der Waals surface area contributed by atoms with Crippen LogP contribution in [0.2, 0.25) is 0 Å². The average Bonchev–Trinajstić information content (AvgIpc) is 2.55. The minimum Gasteiger partial charge on any atom is -0.267 e. The second-order valence-corrected chi connectivity index (χ2v) is 7.75. The van der Waals surface area contributed by atoms with E-state index in [1.165, 1.54) is 38.1 Å². The molecule has 0 aromatic heterocycles. The lowest BCUT2D eigenvalue weighted by Crippen LogP contribution is -2.46. The molecule has 2 rings (SSSR count). The first-order valence-electron chi connectivity index (χ1n) is 5.52. The van der Waals surface area contributed by atoms with Gasteiger partial charge in [-0.05, 0) is 26.0 Å². The Morgan fingerprint density at radius 1 is 1.10 bits per heavy atom. The van der Waals surface area contributed by atoms with E-state index >= 15 is 0 Å². The van der Waals surface area contributed by atoms with E-state index < -0.39 is 26.0 Å². The molecule has 20 heavy (non-hydrogen) atoms. The van der Waals surface area contributed by atoms with Crippen molar-refractivity contribution in [2.75, 3.05) is 0 Å². The number of nitrogens with zero attached hydrogens (tertiary/aromatic N) is 1. The van der Waals surface area contributed by atoms with Crippen LogP contribution in [-0.2, 0) is 24.8 Å². The number of rotatable bonds is 3. The van der Waals surface area contributed by atoms with Gasteiger partial charge in [-0.2, -0.15) is 8.42 Å². The van der Waals surface area contributed by atoms with Gasteiger partial charge in [-0.3, -0.25) is 4.79 Å². The van der Waals surface area contributed by atoms with Gasteiger partial charge in [0, 0.05) is 5.57 Å². The highest BCUT2D eigenvalue weighted by Crippen LogP contribution is 2.26. The Bertz CT molecular complexity index is 794. The predicted octanol–water partition coefficient (Wildman–Crippen LogP) is 0.346. The molecule has 1 aromatic rings.